The van der Waals surface area contributed by atoms with Crippen molar-refractivity contribution in [2.75, 3.05) is 11.9 Å². The number of carbonyl (C=O) groups excluding carboxylic acids is 1. The third-order valence-electron chi connectivity index (χ3n) is 6.25. The topological polar surface area (TPSA) is 67.2 Å². The number of aryl methyl sites for hydroxylation is 1. The minimum Gasteiger partial charge on any atom is -0.353 e. The normalized spacial score (nSPS) is 14.2. The summed E-state index contributed by atoms with van der Waals surface area (Å²) in [6, 6.07) is 22.4. The zero-order valence-corrected chi connectivity index (χ0v) is 21.8. The Kier molecular flexibility index (Phi) is 10.6. The van der Waals surface area contributed by atoms with Crippen LogP contribution in [0.2, 0.25) is 0 Å². The van der Waals surface area contributed by atoms with Gasteiger partial charge in [0.25, 0.3) is 0 Å². The number of anilines is 1. The van der Waals surface area contributed by atoms with Crippen molar-refractivity contribution in [3.8, 4) is 0 Å². The van der Waals surface area contributed by atoms with Crippen molar-refractivity contribution in [2.24, 2.45) is 11.7 Å². The van der Waals surface area contributed by atoms with Crippen molar-refractivity contribution in [2.45, 2.75) is 38.5 Å². The van der Waals surface area contributed by atoms with E-state index in [9.17, 15) is 22.4 Å². The molecule has 4 N–H and O–H groups in total. The van der Waals surface area contributed by atoms with Crippen molar-refractivity contribution < 1.29 is 22.4 Å². The molecule has 8 heteroatoms. The van der Waals surface area contributed by atoms with Gasteiger partial charge in [0.15, 0.2) is 6.29 Å². The predicted octanol–water partition coefficient (Wildman–Crippen LogP) is 6.98. The van der Waals surface area contributed by atoms with E-state index >= 15 is 0 Å². The maximum atomic E-state index is 14.4. The predicted molar refractivity (Wildman–Crippen MR) is 147 cm³/mol. The number of nitrogens with two attached hydrogens (primary N) is 1. The lowest BCUT2D eigenvalue weighted by atomic mass is 9.96. The van der Waals surface area contributed by atoms with Crippen LogP contribution in [0.1, 0.15) is 41.1 Å². The lowest BCUT2D eigenvalue weighted by molar-refractivity contribution is -0.104. The van der Waals surface area contributed by atoms with E-state index in [2.05, 4.69) is 29.3 Å². The van der Waals surface area contributed by atoms with Gasteiger partial charge in [0.05, 0.1) is 17.3 Å². The number of hydrogen-bond acceptors (Lipinski definition) is 4. The number of rotatable bonds is 10. The number of nitrogens with one attached hydrogen (secondary N) is 2. The molecule has 0 bridgehead atoms. The minimum atomic E-state index is -4.56. The van der Waals surface area contributed by atoms with Crippen LogP contribution < -0.4 is 16.4 Å². The molecule has 1 fully saturated rings. The summed E-state index contributed by atoms with van der Waals surface area (Å²) in [5, 5.41) is 6.13. The summed E-state index contributed by atoms with van der Waals surface area (Å²) in [4.78, 5) is 10.8. The maximum absolute atomic E-state index is 14.4. The van der Waals surface area contributed by atoms with Gasteiger partial charge >= 0.3 is 6.18 Å². The summed E-state index contributed by atoms with van der Waals surface area (Å²) in [6.45, 7) is 5.95. The Balaban J connectivity index is 0.000000216. The van der Waals surface area contributed by atoms with Crippen molar-refractivity contribution in [3.05, 3.63) is 125 Å². The second-order valence-corrected chi connectivity index (χ2v) is 9.44. The van der Waals surface area contributed by atoms with E-state index in [4.69, 9.17) is 5.73 Å². The number of carbonyl (C=O) groups is 1. The van der Waals surface area contributed by atoms with Crippen LogP contribution in [0.25, 0.3) is 0 Å². The van der Waals surface area contributed by atoms with E-state index in [-0.39, 0.29) is 17.6 Å². The second-order valence-electron chi connectivity index (χ2n) is 9.44. The summed E-state index contributed by atoms with van der Waals surface area (Å²) in [5.41, 5.74) is 7.97. The fourth-order valence-corrected chi connectivity index (χ4v) is 3.86. The van der Waals surface area contributed by atoms with E-state index < -0.39 is 11.7 Å². The van der Waals surface area contributed by atoms with Gasteiger partial charge < -0.3 is 16.4 Å². The quantitative estimate of drug-likeness (QED) is 0.113. The molecule has 0 saturated heterocycles. The summed E-state index contributed by atoms with van der Waals surface area (Å²) >= 11 is 0. The maximum Gasteiger partial charge on any atom is 0.415 e. The van der Waals surface area contributed by atoms with E-state index in [0.717, 1.165) is 29.2 Å². The molecule has 0 amide bonds. The first-order valence-electron chi connectivity index (χ1n) is 12.6. The molecular formula is C31H33F4N3O. The Bertz CT molecular complexity index is 1280. The highest BCUT2D eigenvalue weighted by Gasteiger charge is 2.30. The second kappa shape index (κ2) is 13.9. The van der Waals surface area contributed by atoms with Gasteiger partial charge in [-0.05, 0) is 67.1 Å². The van der Waals surface area contributed by atoms with E-state index in [1.54, 1.807) is 24.3 Å². The monoisotopic (exact) mass is 539 g/mol. The fraction of sp³-hybridized carbons (Fsp3) is 0.258. The van der Waals surface area contributed by atoms with Gasteiger partial charge in [0.2, 0.25) is 0 Å². The summed E-state index contributed by atoms with van der Waals surface area (Å²) in [5.74, 6) is 0.679. The van der Waals surface area contributed by atoms with Gasteiger partial charge in [-0.2, -0.15) is 13.2 Å². The van der Waals surface area contributed by atoms with Crippen molar-refractivity contribution >= 4 is 12.0 Å². The highest BCUT2D eigenvalue weighted by atomic mass is 19.4. The zero-order chi connectivity index (χ0) is 28.4. The number of hydrogen-bond donors (Lipinski definition) is 3. The average Bonchev–Trinajstić information content (AvgIpc) is 3.76. The molecule has 0 radical (unpaired) electrons. The molecule has 206 valence electrons. The summed E-state index contributed by atoms with van der Waals surface area (Å²) < 4.78 is 51.3. The van der Waals surface area contributed by atoms with Crippen LogP contribution in [0.5, 0.6) is 0 Å². The number of halogens is 4. The first-order valence-corrected chi connectivity index (χ1v) is 12.6. The van der Waals surface area contributed by atoms with Gasteiger partial charge in [-0.25, -0.2) is 4.39 Å². The summed E-state index contributed by atoms with van der Waals surface area (Å²) in [6.07, 6.45) is -1.02. The number of aldehydes is 1. The lowest BCUT2D eigenvalue weighted by Crippen LogP contribution is -2.25. The SMILES string of the molecule is C=C(/C=C(/C=O)Nc1cccc(CN)c1)C(F)(F)F.Cc1cccc(C(NCC2CC2)c2ccccc2)c1F. The minimum absolute atomic E-state index is 0.0586. The van der Waals surface area contributed by atoms with Crippen LogP contribution in [0, 0.1) is 18.7 Å². The Hall–Kier alpha value is -3.75. The molecule has 0 heterocycles. The van der Waals surface area contributed by atoms with Gasteiger partial charge in [0, 0.05) is 17.8 Å². The third-order valence-corrected chi connectivity index (χ3v) is 6.25. The van der Waals surface area contributed by atoms with Crippen molar-refractivity contribution in [1.82, 2.24) is 5.32 Å². The number of benzene rings is 3. The molecule has 0 aliphatic heterocycles. The van der Waals surface area contributed by atoms with Crippen LogP contribution in [0.3, 0.4) is 0 Å². The molecule has 0 aromatic heterocycles. The van der Waals surface area contributed by atoms with Crippen molar-refractivity contribution in [1.29, 1.82) is 0 Å². The molecule has 4 nitrogen and oxygen atoms in total. The average molecular weight is 540 g/mol. The van der Waals surface area contributed by atoms with E-state index in [0.29, 0.717) is 30.2 Å². The fourth-order valence-electron chi connectivity index (χ4n) is 3.86. The van der Waals surface area contributed by atoms with Crippen LogP contribution in [0.4, 0.5) is 23.2 Å². The molecule has 0 spiro atoms. The largest absolute Gasteiger partial charge is 0.415 e. The van der Waals surface area contributed by atoms with Crippen LogP contribution in [-0.2, 0) is 11.3 Å². The van der Waals surface area contributed by atoms with E-state index in [1.807, 2.05) is 43.3 Å². The number of allylic oxidation sites excluding steroid dienone is 3. The lowest BCUT2D eigenvalue weighted by Gasteiger charge is -2.21. The van der Waals surface area contributed by atoms with Crippen LogP contribution >= 0.6 is 0 Å². The molecule has 1 aliphatic carbocycles. The molecule has 4 rings (SSSR count). The Morgan fingerprint density at radius 1 is 1.08 bits per heavy atom. The molecular weight excluding hydrogens is 506 g/mol. The highest BCUT2D eigenvalue weighted by Crippen LogP contribution is 2.31. The Morgan fingerprint density at radius 3 is 2.38 bits per heavy atom. The zero-order valence-electron chi connectivity index (χ0n) is 21.8. The standard InChI is InChI=1S/C18H20FN.C13H13F3N2O/c1-13-6-5-9-16(17(13)19)18(20-12-14-10-11-14)15-7-3-2-4-8-15;1-9(13(14,15)16)5-12(8-19)18-11-4-2-3-10(6-11)7-17/h2-9,14,18,20H,10-12H2,1H3;2-6,8,18H,1,7,17H2/b;12-5-. The molecule has 1 atom stereocenters. The van der Waals surface area contributed by atoms with Gasteiger partial charge in [-0.3, -0.25) is 4.79 Å². The molecule has 1 unspecified atom stereocenters. The van der Waals surface area contributed by atoms with Crippen LogP contribution in [0.15, 0.2) is 96.7 Å². The van der Waals surface area contributed by atoms with Gasteiger partial charge in [-0.1, -0.05) is 67.2 Å². The molecule has 1 saturated carbocycles. The smallest absolute Gasteiger partial charge is 0.353 e. The molecule has 39 heavy (non-hydrogen) atoms. The van der Waals surface area contributed by atoms with Crippen molar-refractivity contribution in [3.63, 3.8) is 0 Å². The Labute approximate surface area is 226 Å². The van der Waals surface area contributed by atoms with Gasteiger partial charge in [0.1, 0.15) is 5.82 Å². The first kappa shape index (κ1) is 29.8. The molecule has 3 aromatic rings. The van der Waals surface area contributed by atoms with Crippen LogP contribution in [-0.4, -0.2) is 19.0 Å². The third kappa shape index (κ3) is 9.19. The summed E-state index contributed by atoms with van der Waals surface area (Å²) in [7, 11) is 0. The van der Waals surface area contributed by atoms with Gasteiger partial charge in [-0.15, -0.1) is 0 Å². The number of alkyl halides is 3. The molecule has 3 aromatic carbocycles. The Morgan fingerprint density at radius 2 is 1.77 bits per heavy atom. The highest BCUT2D eigenvalue weighted by molar-refractivity contribution is 5.79. The molecule has 1 aliphatic rings. The van der Waals surface area contributed by atoms with E-state index in [1.165, 1.54) is 12.8 Å². The first-order chi connectivity index (χ1) is 18.6.